The predicted molar refractivity (Wildman–Crippen MR) is 114 cm³/mol. The zero-order chi connectivity index (χ0) is 21.8. The van der Waals surface area contributed by atoms with Crippen molar-refractivity contribution in [2.45, 2.75) is 26.8 Å². The topological polar surface area (TPSA) is 84.2 Å². The van der Waals surface area contributed by atoms with Gasteiger partial charge in [-0.15, -0.1) is 0 Å². The molecule has 1 aromatic heterocycles. The molecule has 1 heterocycles. The summed E-state index contributed by atoms with van der Waals surface area (Å²) in [4.78, 5) is 30.2. The Hall–Kier alpha value is -3.03. The molecule has 2 N–H and O–H groups in total. The molecule has 0 spiro atoms. The van der Waals surface area contributed by atoms with E-state index in [9.17, 15) is 19.1 Å². The van der Waals surface area contributed by atoms with Crippen LogP contribution in [0.2, 0.25) is 5.02 Å². The highest BCUT2D eigenvalue weighted by molar-refractivity contribution is 6.33. The molecular formula is C22H21ClFN3O3. The smallest absolute Gasteiger partial charge is 0.257 e. The van der Waals surface area contributed by atoms with Crippen molar-refractivity contribution in [3.8, 4) is 11.4 Å². The standard InChI is InChI=1S/C22H21ClFN3O3/c1-13-3-8-19(18(23)11-13)26-20(29)12-27-21(15-4-6-16(24)7-5-15)25-14(2)17(9-10-28)22(27)30/h3-8,11,28H,9-10,12H2,1-2H3,(H,26,29). The first kappa shape index (κ1) is 21.7. The number of nitrogens with one attached hydrogen (secondary N) is 1. The van der Waals surface area contributed by atoms with Gasteiger partial charge in [-0.25, -0.2) is 9.37 Å². The van der Waals surface area contributed by atoms with E-state index in [1.54, 1.807) is 19.1 Å². The molecule has 0 saturated heterocycles. The van der Waals surface area contributed by atoms with Crippen LogP contribution in [0.4, 0.5) is 10.1 Å². The number of benzene rings is 2. The molecule has 0 bridgehead atoms. The number of rotatable bonds is 6. The Morgan fingerprint density at radius 1 is 1.20 bits per heavy atom. The summed E-state index contributed by atoms with van der Waals surface area (Å²) >= 11 is 6.18. The molecular weight excluding hydrogens is 409 g/mol. The quantitative estimate of drug-likeness (QED) is 0.628. The van der Waals surface area contributed by atoms with Crippen LogP contribution in [0.5, 0.6) is 0 Å². The van der Waals surface area contributed by atoms with Gasteiger partial charge in [0.15, 0.2) is 0 Å². The number of hydrogen-bond acceptors (Lipinski definition) is 4. The molecule has 0 unspecified atom stereocenters. The number of hydrogen-bond donors (Lipinski definition) is 2. The first-order valence-corrected chi connectivity index (χ1v) is 9.71. The Bertz CT molecular complexity index is 1140. The van der Waals surface area contributed by atoms with E-state index in [1.165, 1.54) is 28.8 Å². The fourth-order valence-corrected chi connectivity index (χ4v) is 3.40. The molecule has 0 aliphatic heterocycles. The van der Waals surface area contributed by atoms with Gasteiger partial charge in [0.1, 0.15) is 18.2 Å². The van der Waals surface area contributed by atoms with E-state index in [1.807, 2.05) is 13.0 Å². The first-order valence-electron chi connectivity index (χ1n) is 9.33. The highest BCUT2D eigenvalue weighted by Gasteiger charge is 2.18. The Kier molecular flexibility index (Phi) is 6.64. The third-order valence-corrected chi connectivity index (χ3v) is 4.95. The monoisotopic (exact) mass is 429 g/mol. The lowest BCUT2D eigenvalue weighted by Gasteiger charge is -2.16. The van der Waals surface area contributed by atoms with Crippen LogP contribution < -0.4 is 10.9 Å². The lowest BCUT2D eigenvalue weighted by Crippen LogP contribution is -2.33. The zero-order valence-electron chi connectivity index (χ0n) is 16.6. The summed E-state index contributed by atoms with van der Waals surface area (Å²) in [6.45, 7) is 3.00. The summed E-state index contributed by atoms with van der Waals surface area (Å²) in [5, 5.41) is 12.4. The number of carbonyl (C=O) groups is 1. The Morgan fingerprint density at radius 2 is 1.90 bits per heavy atom. The molecule has 30 heavy (non-hydrogen) atoms. The van der Waals surface area contributed by atoms with Crippen LogP contribution in [-0.2, 0) is 17.8 Å². The van der Waals surface area contributed by atoms with Gasteiger partial charge in [-0.05, 0) is 55.8 Å². The van der Waals surface area contributed by atoms with Crippen LogP contribution in [0.25, 0.3) is 11.4 Å². The molecule has 0 saturated carbocycles. The molecule has 1 amide bonds. The number of aliphatic hydroxyl groups is 1. The van der Waals surface area contributed by atoms with Gasteiger partial charge >= 0.3 is 0 Å². The maximum Gasteiger partial charge on any atom is 0.257 e. The van der Waals surface area contributed by atoms with E-state index in [0.29, 0.717) is 27.5 Å². The van der Waals surface area contributed by atoms with Crippen molar-refractivity contribution in [1.82, 2.24) is 9.55 Å². The van der Waals surface area contributed by atoms with Gasteiger partial charge in [0, 0.05) is 29.8 Å². The number of anilines is 1. The summed E-state index contributed by atoms with van der Waals surface area (Å²) in [7, 11) is 0. The van der Waals surface area contributed by atoms with Crippen molar-refractivity contribution in [2.24, 2.45) is 0 Å². The van der Waals surface area contributed by atoms with Gasteiger partial charge in [-0.1, -0.05) is 17.7 Å². The largest absolute Gasteiger partial charge is 0.396 e. The minimum atomic E-state index is -0.466. The fourth-order valence-electron chi connectivity index (χ4n) is 3.12. The van der Waals surface area contributed by atoms with Crippen LogP contribution in [0, 0.1) is 19.7 Å². The lowest BCUT2D eigenvalue weighted by atomic mass is 10.1. The molecule has 6 nitrogen and oxygen atoms in total. The van der Waals surface area contributed by atoms with Gasteiger partial charge in [0.2, 0.25) is 5.91 Å². The third-order valence-electron chi connectivity index (χ3n) is 4.63. The van der Waals surface area contributed by atoms with Crippen molar-refractivity contribution in [3.05, 3.63) is 80.5 Å². The van der Waals surface area contributed by atoms with Crippen molar-refractivity contribution in [1.29, 1.82) is 0 Å². The second-order valence-electron chi connectivity index (χ2n) is 6.90. The van der Waals surface area contributed by atoms with E-state index in [0.717, 1.165) is 5.56 Å². The van der Waals surface area contributed by atoms with E-state index in [2.05, 4.69) is 10.3 Å². The number of aliphatic hydroxyl groups excluding tert-OH is 1. The molecule has 8 heteroatoms. The van der Waals surface area contributed by atoms with Crippen LogP contribution >= 0.6 is 11.6 Å². The van der Waals surface area contributed by atoms with Crippen molar-refractivity contribution in [2.75, 3.05) is 11.9 Å². The second-order valence-corrected chi connectivity index (χ2v) is 7.31. The van der Waals surface area contributed by atoms with Gasteiger partial charge in [-0.2, -0.15) is 0 Å². The summed E-state index contributed by atoms with van der Waals surface area (Å²) < 4.78 is 14.6. The number of aromatic nitrogens is 2. The van der Waals surface area contributed by atoms with Gasteiger partial charge in [0.05, 0.1) is 10.7 Å². The summed E-state index contributed by atoms with van der Waals surface area (Å²) in [5.74, 6) is -0.649. The Morgan fingerprint density at radius 3 is 2.53 bits per heavy atom. The maximum absolute atomic E-state index is 13.4. The van der Waals surface area contributed by atoms with Crippen molar-refractivity contribution in [3.63, 3.8) is 0 Å². The molecule has 0 fully saturated rings. The van der Waals surface area contributed by atoms with Crippen LogP contribution in [0.15, 0.2) is 47.3 Å². The van der Waals surface area contributed by atoms with Crippen LogP contribution in [0.1, 0.15) is 16.8 Å². The third kappa shape index (κ3) is 4.75. The van der Waals surface area contributed by atoms with Crippen LogP contribution in [-0.4, -0.2) is 27.2 Å². The summed E-state index contributed by atoms with van der Waals surface area (Å²) in [6.07, 6.45) is 0.118. The zero-order valence-corrected chi connectivity index (χ0v) is 17.3. The van der Waals surface area contributed by atoms with Crippen molar-refractivity contribution < 1.29 is 14.3 Å². The molecule has 2 aromatic carbocycles. The number of halogens is 2. The summed E-state index contributed by atoms with van der Waals surface area (Å²) in [5.41, 5.74) is 2.22. The Balaban J connectivity index is 2.02. The summed E-state index contributed by atoms with van der Waals surface area (Å²) in [6, 6.07) is 10.7. The minimum Gasteiger partial charge on any atom is -0.396 e. The number of amides is 1. The first-order chi connectivity index (χ1) is 14.3. The molecule has 0 aliphatic carbocycles. The molecule has 156 valence electrons. The van der Waals surface area contributed by atoms with E-state index >= 15 is 0 Å². The van der Waals surface area contributed by atoms with E-state index in [4.69, 9.17) is 11.6 Å². The molecule has 0 aliphatic rings. The molecule has 0 atom stereocenters. The van der Waals surface area contributed by atoms with Crippen LogP contribution in [0.3, 0.4) is 0 Å². The van der Waals surface area contributed by atoms with Gasteiger partial charge < -0.3 is 10.4 Å². The molecule has 3 rings (SSSR count). The second kappa shape index (κ2) is 9.19. The highest BCUT2D eigenvalue weighted by Crippen LogP contribution is 2.23. The average molecular weight is 430 g/mol. The molecule has 0 radical (unpaired) electrons. The SMILES string of the molecule is Cc1ccc(NC(=O)Cn2c(-c3ccc(F)cc3)nc(C)c(CCO)c2=O)c(Cl)c1. The van der Waals surface area contributed by atoms with Gasteiger partial charge in [-0.3, -0.25) is 14.2 Å². The minimum absolute atomic E-state index is 0.118. The van der Waals surface area contributed by atoms with Crippen molar-refractivity contribution >= 4 is 23.2 Å². The van der Waals surface area contributed by atoms with E-state index in [-0.39, 0.29) is 25.4 Å². The molecule has 3 aromatic rings. The fraction of sp³-hybridized carbons (Fsp3) is 0.227. The van der Waals surface area contributed by atoms with Gasteiger partial charge in [0.25, 0.3) is 5.56 Å². The highest BCUT2D eigenvalue weighted by atomic mass is 35.5. The number of nitrogens with zero attached hydrogens (tertiary/aromatic N) is 2. The lowest BCUT2D eigenvalue weighted by molar-refractivity contribution is -0.116. The van der Waals surface area contributed by atoms with E-state index < -0.39 is 17.3 Å². The Labute approximate surface area is 178 Å². The maximum atomic E-state index is 13.4. The predicted octanol–water partition coefficient (Wildman–Crippen LogP) is 3.49. The number of carbonyl (C=O) groups excluding carboxylic acids is 1. The average Bonchev–Trinajstić information content (AvgIpc) is 2.70. The normalized spacial score (nSPS) is 10.8. The number of aryl methyl sites for hydroxylation is 2.